The Balaban J connectivity index is 2.06. The number of carbonyl (C=O) groups excluding carboxylic acids is 1. The second kappa shape index (κ2) is 7.94. The van der Waals surface area contributed by atoms with E-state index >= 15 is 0 Å². The van der Waals surface area contributed by atoms with Crippen LogP contribution in [0.1, 0.15) is 58.3 Å². The quantitative estimate of drug-likeness (QED) is 0.563. The average molecular weight is 246 g/mol. The van der Waals surface area contributed by atoms with Gasteiger partial charge in [0.15, 0.2) is 0 Å². The Morgan fingerprint density at radius 3 is 2.88 bits per heavy atom. The van der Waals surface area contributed by atoms with Crippen LogP contribution >= 0.6 is 11.6 Å². The number of hydrogen-bond acceptors (Lipinski definition) is 1. The van der Waals surface area contributed by atoms with Gasteiger partial charge >= 0.3 is 0 Å². The van der Waals surface area contributed by atoms with Crippen molar-refractivity contribution in [3.63, 3.8) is 0 Å². The van der Waals surface area contributed by atoms with Crippen molar-refractivity contribution in [1.29, 1.82) is 0 Å². The fourth-order valence-electron chi connectivity index (χ4n) is 2.29. The number of unbranched alkanes of at least 4 members (excludes halogenated alkanes) is 2. The predicted molar refractivity (Wildman–Crippen MR) is 68.8 cm³/mol. The first kappa shape index (κ1) is 13.8. The third-order valence-electron chi connectivity index (χ3n) is 3.31. The fraction of sp³-hybridized carbons (Fsp3) is 0.923. The number of alkyl halides is 1. The Morgan fingerprint density at radius 2 is 2.19 bits per heavy atom. The molecule has 1 fully saturated rings. The minimum absolute atomic E-state index is 0.213. The van der Waals surface area contributed by atoms with E-state index in [9.17, 15) is 4.79 Å². The summed E-state index contributed by atoms with van der Waals surface area (Å²) in [4.78, 5) is 11.5. The van der Waals surface area contributed by atoms with Crippen molar-refractivity contribution >= 4 is 17.5 Å². The van der Waals surface area contributed by atoms with Gasteiger partial charge in [-0.25, -0.2) is 0 Å². The molecule has 1 aliphatic carbocycles. The number of amides is 1. The Bertz CT molecular complexity index is 208. The standard InChI is InChI=1S/C13H24ClNO/c1-2-3-4-8-13(16)15-10-11-6-5-7-12(14)9-11/h11-12H,2-10H2,1H3,(H,15,16). The van der Waals surface area contributed by atoms with E-state index in [1.807, 2.05) is 0 Å². The van der Waals surface area contributed by atoms with Crippen molar-refractivity contribution in [2.45, 2.75) is 63.7 Å². The summed E-state index contributed by atoms with van der Waals surface area (Å²) in [5, 5.41) is 3.36. The van der Waals surface area contributed by atoms with Gasteiger partial charge in [0, 0.05) is 18.3 Å². The normalized spacial score (nSPS) is 25.4. The highest BCUT2D eigenvalue weighted by Gasteiger charge is 2.20. The minimum atomic E-state index is 0.213. The first-order valence-corrected chi connectivity index (χ1v) is 7.06. The molecule has 1 amide bonds. The van der Waals surface area contributed by atoms with Gasteiger partial charge in [-0.05, 0) is 31.6 Å². The third-order valence-corrected chi connectivity index (χ3v) is 3.71. The molecule has 94 valence electrons. The molecule has 0 aliphatic heterocycles. The summed E-state index contributed by atoms with van der Waals surface area (Å²) in [6.07, 6.45) is 8.67. The molecule has 0 aromatic rings. The Kier molecular flexibility index (Phi) is 6.86. The summed E-state index contributed by atoms with van der Waals surface area (Å²) in [7, 11) is 0. The van der Waals surface area contributed by atoms with Crippen LogP contribution in [-0.2, 0) is 4.79 Å². The Morgan fingerprint density at radius 1 is 1.38 bits per heavy atom. The van der Waals surface area contributed by atoms with Crippen molar-refractivity contribution < 1.29 is 4.79 Å². The molecule has 0 radical (unpaired) electrons. The van der Waals surface area contributed by atoms with E-state index in [0.717, 1.165) is 32.2 Å². The largest absolute Gasteiger partial charge is 0.356 e. The molecular formula is C13H24ClNO. The molecule has 2 atom stereocenters. The molecule has 0 bridgehead atoms. The Hall–Kier alpha value is -0.240. The zero-order valence-corrected chi connectivity index (χ0v) is 11.1. The lowest BCUT2D eigenvalue weighted by molar-refractivity contribution is -0.121. The first-order chi connectivity index (χ1) is 7.72. The summed E-state index contributed by atoms with van der Waals surface area (Å²) in [5.41, 5.74) is 0. The van der Waals surface area contributed by atoms with Gasteiger partial charge in [-0.3, -0.25) is 4.79 Å². The third kappa shape index (κ3) is 5.74. The molecule has 0 heterocycles. The maximum atomic E-state index is 11.5. The number of halogens is 1. The van der Waals surface area contributed by atoms with E-state index in [1.165, 1.54) is 19.3 Å². The molecule has 1 saturated carbocycles. The van der Waals surface area contributed by atoms with Crippen molar-refractivity contribution in [2.24, 2.45) is 5.92 Å². The van der Waals surface area contributed by atoms with Crippen LogP contribution < -0.4 is 5.32 Å². The SMILES string of the molecule is CCCCCC(=O)NCC1CCCC(Cl)C1. The Labute approximate surface area is 104 Å². The van der Waals surface area contributed by atoms with Gasteiger partial charge < -0.3 is 5.32 Å². The number of carbonyl (C=O) groups is 1. The zero-order chi connectivity index (χ0) is 11.8. The van der Waals surface area contributed by atoms with E-state index in [4.69, 9.17) is 11.6 Å². The number of rotatable bonds is 6. The minimum Gasteiger partial charge on any atom is -0.356 e. The van der Waals surface area contributed by atoms with Crippen LogP contribution in [0.4, 0.5) is 0 Å². The van der Waals surface area contributed by atoms with Crippen LogP contribution in [0.15, 0.2) is 0 Å². The molecule has 16 heavy (non-hydrogen) atoms. The monoisotopic (exact) mass is 245 g/mol. The predicted octanol–water partition coefficient (Wildman–Crippen LogP) is 3.48. The second-order valence-corrected chi connectivity index (χ2v) is 5.51. The molecule has 2 unspecified atom stereocenters. The van der Waals surface area contributed by atoms with Crippen LogP contribution in [0, 0.1) is 5.92 Å². The lowest BCUT2D eigenvalue weighted by atomic mass is 9.89. The molecular weight excluding hydrogens is 222 g/mol. The van der Waals surface area contributed by atoms with Crippen LogP contribution in [0.25, 0.3) is 0 Å². The second-order valence-electron chi connectivity index (χ2n) is 4.89. The lowest BCUT2D eigenvalue weighted by Crippen LogP contribution is -2.31. The van der Waals surface area contributed by atoms with E-state index in [2.05, 4.69) is 12.2 Å². The lowest BCUT2D eigenvalue weighted by Gasteiger charge is -2.25. The van der Waals surface area contributed by atoms with Gasteiger partial charge in [-0.2, -0.15) is 0 Å². The van der Waals surface area contributed by atoms with Crippen molar-refractivity contribution in [2.75, 3.05) is 6.54 Å². The smallest absolute Gasteiger partial charge is 0.220 e. The molecule has 0 aromatic carbocycles. The highest BCUT2D eigenvalue weighted by Crippen LogP contribution is 2.27. The topological polar surface area (TPSA) is 29.1 Å². The summed E-state index contributed by atoms with van der Waals surface area (Å²) in [6.45, 7) is 2.98. The molecule has 1 aliphatic rings. The van der Waals surface area contributed by atoms with E-state index < -0.39 is 0 Å². The number of hydrogen-bond donors (Lipinski definition) is 1. The van der Waals surface area contributed by atoms with Crippen molar-refractivity contribution in [1.82, 2.24) is 5.32 Å². The molecule has 3 heteroatoms. The van der Waals surface area contributed by atoms with Gasteiger partial charge in [0.25, 0.3) is 0 Å². The zero-order valence-electron chi connectivity index (χ0n) is 10.3. The molecule has 1 rings (SSSR count). The molecule has 2 nitrogen and oxygen atoms in total. The van der Waals surface area contributed by atoms with Gasteiger partial charge in [-0.1, -0.05) is 26.2 Å². The average Bonchev–Trinajstić information content (AvgIpc) is 2.27. The first-order valence-electron chi connectivity index (χ1n) is 6.63. The van der Waals surface area contributed by atoms with E-state index in [1.54, 1.807) is 0 Å². The summed E-state index contributed by atoms with van der Waals surface area (Å²) in [5.74, 6) is 0.816. The fourth-order valence-corrected chi connectivity index (χ4v) is 2.70. The molecule has 0 spiro atoms. The van der Waals surface area contributed by atoms with Crippen molar-refractivity contribution in [3.8, 4) is 0 Å². The number of nitrogens with one attached hydrogen (secondary N) is 1. The highest BCUT2D eigenvalue weighted by molar-refractivity contribution is 6.20. The van der Waals surface area contributed by atoms with Crippen LogP contribution in [0.3, 0.4) is 0 Å². The van der Waals surface area contributed by atoms with Gasteiger partial charge in [0.05, 0.1) is 0 Å². The van der Waals surface area contributed by atoms with Crippen LogP contribution in [-0.4, -0.2) is 17.8 Å². The summed E-state index contributed by atoms with van der Waals surface area (Å²) in [6, 6.07) is 0. The van der Waals surface area contributed by atoms with Crippen molar-refractivity contribution in [3.05, 3.63) is 0 Å². The van der Waals surface area contributed by atoms with Crippen LogP contribution in [0.5, 0.6) is 0 Å². The highest BCUT2D eigenvalue weighted by atomic mass is 35.5. The summed E-state index contributed by atoms with van der Waals surface area (Å²) >= 11 is 6.12. The van der Waals surface area contributed by atoms with Gasteiger partial charge in [0.1, 0.15) is 0 Å². The maximum absolute atomic E-state index is 11.5. The van der Waals surface area contributed by atoms with Gasteiger partial charge in [-0.15, -0.1) is 11.6 Å². The molecule has 0 aromatic heterocycles. The molecule has 1 N–H and O–H groups in total. The van der Waals surface area contributed by atoms with Gasteiger partial charge in [0.2, 0.25) is 5.91 Å². The maximum Gasteiger partial charge on any atom is 0.220 e. The van der Waals surface area contributed by atoms with E-state index in [0.29, 0.717) is 17.7 Å². The van der Waals surface area contributed by atoms with E-state index in [-0.39, 0.29) is 5.91 Å². The molecule has 0 saturated heterocycles. The summed E-state index contributed by atoms with van der Waals surface area (Å²) < 4.78 is 0. The van der Waals surface area contributed by atoms with Crippen LogP contribution in [0.2, 0.25) is 0 Å².